The summed E-state index contributed by atoms with van der Waals surface area (Å²) in [4.78, 5) is 13.1. The lowest BCUT2D eigenvalue weighted by atomic mass is 9.96. The molecule has 0 saturated heterocycles. The monoisotopic (exact) mass is 359 g/mol. The van der Waals surface area contributed by atoms with Crippen molar-refractivity contribution in [3.8, 4) is 11.5 Å². The van der Waals surface area contributed by atoms with E-state index < -0.39 is 24.0 Å². The number of benzene rings is 1. The van der Waals surface area contributed by atoms with Crippen molar-refractivity contribution in [2.75, 3.05) is 27.3 Å². The Labute approximate surface area is 146 Å². The van der Waals surface area contributed by atoms with Gasteiger partial charge in [0.2, 0.25) is 5.91 Å². The summed E-state index contributed by atoms with van der Waals surface area (Å²) in [5.74, 6) is 0.332. The normalized spacial score (nSPS) is 12.3. The second-order valence-electron chi connectivity index (χ2n) is 6.81. The number of carbonyl (C=O) groups excluding carboxylic acids is 1. The van der Waals surface area contributed by atoms with Crippen molar-refractivity contribution in [2.45, 2.75) is 26.9 Å². The zero-order valence-electron chi connectivity index (χ0n) is 15.1. The summed E-state index contributed by atoms with van der Waals surface area (Å²) in [6.45, 7) is 4.04. The fourth-order valence-corrected chi connectivity index (χ4v) is 2.22. The number of rotatable bonds is 6. The average molecular weight is 359 g/mol. The van der Waals surface area contributed by atoms with Gasteiger partial charge in [-0.2, -0.15) is 13.2 Å². The van der Waals surface area contributed by atoms with E-state index in [1.54, 1.807) is 39.0 Å². The molecule has 0 atom stereocenters. The quantitative estimate of drug-likeness (QED) is 0.716. The van der Waals surface area contributed by atoms with Gasteiger partial charge in [-0.25, -0.2) is 0 Å². The first-order chi connectivity index (χ1) is 11.4. The molecule has 0 spiro atoms. The van der Waals surface area contributed by atoms with Gasteiger partial charge >= 0.3 is 6.18 Å². The molecule has 0 heterocycles. The summed E-state index contributed by atoms with van der Waals surface area (Å²) in [5, 5.41) is 0. The Morgan fingerprint density at radius 2 is 1.76 bits per heavy atom. The Kier molecular flexibility index (Phi) is 6.90. The first kappa shape index (κ1) is 20.9. The molecule has 0 aromatic heterocycles. The van der Waals surface area contributed by atoms with Crippen molar-refractivity contribution >= 4 is 12.0 Å². The molecule has 0 aliphatic rings. The molecule has 0 radical (unpaired) electrons. The van der Waals surface area contributed by atoms with Crippen LogP contribution in [0.4, 0.5) is 13.2 Å². The third-order valence-corrected chi connectivity index (χ3v) is 3.19. The number of halogens is 3. The van der Waals surface area contributed by atoms with Crippen LogP contribution in [0.25, 0.3) is 6.08 Å². The highest BCUT2D eigenvalue weighted by atomic mass is 19.4. The number of carbonyl (C=O) groups is 1. The molecule has 7 heteroatoms. The van der Waals surface area contributed by atoms with Crippen molar-refractivity contribution in [1.82, 2.24) is 4.90 Å². The minimum Gasteiger partial charge on any atom is -0.497 e. The molecule has 0 aliphatic heterocycles. The van der Waals surface area contributed by atoms with Crippen LogP contribution >= 0.6 is 0 Å². The van der Waals surface area contributed by atoms with Gasteiger partial charge in [-0.1, -0.05) is 20.8 Å². The van der Waals surface area contributed by atoms with E-state index >= 15 is 0 Å². The highest BCUT2D eigenvalue weighted by molar-refractivity contribution is 5.92. The van der Waals surface area contributed by atoms with Gasteiger partial charge in [0.25, 0.3) is 0 Å². The molecular weight excluding hydrogens is 335 g/mol. The second kappa shape index (κ2) is 8.27. The van der Waals surface area contributed by atoms with E-state index in [-0.39, 0.29) is 6.54 Å². The summed E-state index contributed by atoms with van der Waals surface area (Å²) in [6.07, 6.45) is -1.89. The maximum Gasteiger partial charge on any atom is 0.406 e. The Hall–Kier alpha value is -2.18. The molecule has 1 amide bonds. The predicted octanol–water partition coefficient (Wildman–Crippen LogP) is 4.15. The van der Waals surface area contributed by atoms with Crippen molar-refractivity contribution in [1.29, 1.82) is 0 Å². The lowest BCUT2D eigenvalue weighted by Gasteiger charge is -2.29. The molecule has 0 bridgehead atoms. The minimum atomic E-state index is -4.45. The Bertz CT molecular complexity index is 603. The van der Waals surface area contributed by atoms with Gasteiger partial charge in [0.05, 0.1) is 14.2 Å². The van der Waals surface area contributed by atoms with Crippen LogP contribution in [0.5, 0.6) is 11.5 Å². The van der Waals surface area contributed by atoms with E-state index in [0.717, 1.165) is 11.0 Å². The lowest BCUT2D eigenvalue weighted by molar-refractivity contribution is -0.160. The molecule has 0 saturated carbocycles. The van der Waals surface area contributed by atoms with Crippen LogP contribution in [0.15, 0.2) is 24.3 Å². The average Bonchev–Trinajstić information content (AvgIpc) is 2.49. The number of hydrogen-bond acceptors (Lipinski definition) is 3. The largest absolute Gasteiger partial charge is 0.497 e. The lowest BCUT2D eigenvalue weighted by Crippen LogP contribution is -2.42. The molecule has 1 aromatic rings. The first-order valence-corrected chi connectivity index (χ1v) is 7.71. The van der Waals surface area contributed by atoms with E-state index in [9.17, 15) is 18.0 Å². The third kappa shape index (κ3) is 7.49. The maximum absolute atomic E-state index is 12.8. The molecule has 0 unspecified atom stereocenters. The number of ether oxygens (including phenoxy) is 2. The number of nitrogens with zero attached hydrogens (tertiary/aromatic N) is 1. The van der Waals surface area contributed by atoms with E-state index in [0.29, 0.717) is 17.1 Å². The van der Waals surface area contributed by atoms with Crippen molar-refractivity contribution < 1.29 is 27.4 Å². The SMILES string of the molecule is COc1ccc(/C=C/C(=O)N(CC(C)(C)C)CC(F)(F)F)c(OC)c1. The molecule has 1 aromatic carbocycles. The maximum atomic E-state index is 12.8. The van der Waals surface area contributed by atoms with E-state index in [4.69, 9.17) is 9.47 Å². The predicted molar refractivity (Wildman–Crippen MR) is 90.7 cm³/mol. The van der Waals surface area contributed by atoms with Crippen LogP contribution in [0.2, 0.25) is 0 Å². The molecular formula is C18H24F3NO3. The topological polar surface area (TPSA) is 38.8 Å². The second-order valence-corrected chi connectivity index (χ2v) is 6.81. The third-order valence-electron chi connectivity index (χ3n) is 3.19. The van der Waals surface area contributed by atoms with E-state index in [1.807, 2.05) is 0 Å². The van der Waals surface area contributed by atoms with Gasteiger partial charge in [0.1, 0.15) is 18.0 Å². The Morgan fingerprint density at radius 1 is 1.12 bits per heavy atom. The molecule has 140 valence electrons. The number of methoxy groups -OCH3 is 2. The van der Waals surface area contributed by atoms with Crippen molar-refractivity contribution in [3.63, 3.8) is 0 Å². The van der Waals surface area contributed by atoms with Gasteiger partial charge in [-0.15, -0.1) is 0 Å². The fourth-order valence-electron chi connectivity index (χ4n) is 2.22. The van der Waals surface area contributed by atoms with Crippen LogP contribution in [-0.4, -0.2) is 44.3 Å². The standard InChI is InChI=1S/C18H24F3NO3/c1-17(2,3)11-22(12-18(19,20)21)16(23)9-7-13-6-8-14(24-4)10-15(13)25-5/h6-10H,11-12H2,1-5H3/b9-7+. The summed E-state index contributed by atoms with van der Waals surface area (Å²) >= 11 is 0. The zero-order chi connectivity index (χ0) is 19.3. The zero-order valence-corrected chi connectivity index (χ0v) is 15.1. The number of alkyl halides is 3. The molecule has 4 nitrogen and oxygen atoms in total. The number of amides is 1. The molecule has 0 fully saturated rings. The molecule has 0 aliphatic carbocycles. The van der Waals surface area contributed by atoms with Gasteiger partial charge in [-0.3, -0.25) is 4.79 Å². The smallest absolute Gasteiger partial charge is 0.406 e. The summed E-state index contributed by atoms with van der Waals surface area (Å²) in [5.41, 5.74) is 0.117. The fraction of sp³-hybridized carbons (Fsp3) is 0.500. The van der Waals surface area contributed by atoms with Gasteiger partial charge in [-0.05, 0) is 23.6 Å². The molecule has 25 heavy (non-hydrogen) atoms. The van der Waals surface area contributed by atoms with Crippen molar-refractivity contribution in [2.24, 2.45) is 5.41 Å². The molecule has 0 N–H and O–H groups in total. The number of hydrogen-bond donors (Lipinski definition) is 0. The van der Waals surface area contributed by atoms with Crippen LogP contribution < -0.4 is 9.47 Å². The summed E-state index contributed by atoms with van der Waals surface area (Å²) in [6, 6.07) is 4.97. The Balaban J connectivity index is 3.00. The van der Waals surface area contributed by atoms with Gasteiger partial charge in [0, 0.05) is 24.3 Å². The molecule has 1 rings (SSSR count). The van der Waals surface area contributed by atoms with Gasteiger partial charge < -0.3 is 14.4 Å². The van der Waals surface area contributed by atoms with Crippen LogP contribution in [-0.2, 0) is 4.79 Å². The van der Waals surface area contributed by atoms with Crippen LogP contribution in [0, 0.1) is 5.41 Å². The summed E-state index contributed by atoms with van der Waals surface area (Å²) in [7, 11) is 2.97. The summed E-state index contributed by atoms with van der Waals surface area (Å²) < 4.78 is 48.6. The van der Waals surface area contributed by atoms with Gasteiger partial charge in [0.15, 0.2) is 0 Å². The van der Waals surface area contributed by atoms with E-state index in [2.05, 4.69) is 0 Å². The first-order valence-electron chi connectivity index (χ1n) is 7.71. The highest BCUT2D eigenvalue weighted by Gasteiger charge is 2.34. The van der Waals surface area contributed by atoms with Crippen molar-refractivity contribution in [3.05, 3.63) is 29.8 Å². The minimum absolute atomic E-state index is 0.00453. The van der Waals surface area contributed by atoms with Crippen LogP contribution in [0.3, 0.4) is 0 Å². The Morgan fingerprint density at radius 3 is 2.24 bits per heavy atom. The van der Waals surface area contributed by atoms with E-state index in [1.165, 1.54) is 20.3 Å². The highest BCUT2D eigenvalue weighted by Crippen LogP contribution is 2.26. The van der Waals surface area contributed by atoms with Crippen LogP contribution in [0.1, 0.15) is 26.3 Å².